The first-order valence-corrected chi connectivity index (χ1v) is 7.13. The van der Waals surface area contributed by atoms with Crippen LogP contribution < -0.4 is 15.4 Å². The lowest BCUT2D eigenvalue weighted by molar-refractivity contribution is -0.137. The maximum atomic E-state index is 11.8. The van der Waals surface area contributed by atoms with Gasteiger partial charge in [0.15, 0.2) is 0 Å². The molecule has 2 amide bonds. The van der Waals surface area contributed by atoms with Crippen LogP contribution in [0, 0.1) is 0 Å². The number of aliphatic carboxylic acids is 1. The molecule has 1 unspecified atom stereocenters. The molecule has 0 aromatic heterocycles. The Balaban J connectivity index is 1.88. The number of nitrogens with one attached hydrogen (secondary N) is 2. The van der Waals surface area contributed by atoms with Gasteiger partial charge in [0.1, 0.15) is 5.75 Å². The van der Waals surface area contributed by atoms with E-state index in [2.05, 4.69) is 10.6 Å². The first-order chi connectivity index (χ1) is 10.1. The lowest BCUT2D eigenvalue weighted by Crippen LogP contribution is -2.40. The molecule has 0 bridgehead atoms. The third-order valence-corrected chi connectivity index (χ3v) is 3.48. The van der Waals surface area contributed by atoms with Crippen LogP contribution in [0.15, 0.2) is 18.2 Å². The molecule has 1 aromatic carbocycles. The number of hydrogen-bond donors (Lipinski definition) is 3. The van der Waals surface area contributed by atoms with Crippen molar-refractivity contribution in [3.05, 3.63) is 28.8 Å². The van der Waals surface area contributed by atoms with Crippen LogP contribution in [0.25, 0.3) is 0 Å². The van der Waals surface area contributed by atoms with Crippen LogP contribution in [0.4, 0.5) is 4.79 Å². The number of urea groups is 1. The number of carbonyl (C=O) groups is 2. The minimum atomic E-state index is -0.870. The first-order valence-electron chi connectivity index (χ1n) is 6.75. The number of amides is 2. The van der Waals surface area contributed by atoms with E-state index in [4.69, 9.17) is 21.4 Å². The fourth-order valence-corrected chi connectivity index (χ4v) is 2.42. The highest BCUT2D eigenvalue weighted by Crippen LogP contribution is 2.37. The van der Waals surface area contributed by atoms with Crippen molar-refractivity contribution >= 4 is 23.6 Å². The van der Waals surface area contributed by atoms with E-state index in [0.29, 0.717) is 36.8 Å². The summed E-state index contributed by atoms with van der Waals surface area (Å²) in [5, 5.41) is 14.5. The fourth-order valence-electron chi connectivity index (χ4n) is 2.19. The minimum Gasteiger partial charge on any atom is -0.492 e. The van der Waals surface area contributed by atoms with Gasteiger partial charge >= 0.3 is 12.0 Å². The molecular formula is C14H17ClN2O4. The highest BCUT2D eigenvalue weighted by atomic mass is 35.5. The number of fused-ring (bicyclic) bond motifs is 1. The van der Waals surface area contributed by atoms with Crippen molar-refractivity contribution in [1.82, 2.24) is 10.6 Å². The van der Waals surface area contributed by atoms with Crippen molar-refractivity contribution in [2.75, 3.05) is 13.2 Å². The zero-order chi connectivity index (χ0) is 15.2. The van der Waals surface area contributed by atoms with Crippen LogP contribution in [-0.2, 0) is 4.79 Å². The van der Waals surface area contributed by atoms with Gasteiger partial charge in [-0.2, -0.15) is 0 Å². The average Bonchev–Trinajstić information content (AvgIpc) is 2.45. The highest BCUT2D eigenvalue weighted by molar-refractivity contribution is 6.32. The predicted molar refractivity (Wildman–Crippen MR) is 77.7 cm³/mol. The van der Waals surface area contributed by atoms with Crippen molar-refractivity contribution < 1.29 is 19.4 Å². The molecule has 0 spiro atoms. The lowest BCUT2D eigenvalue weighted by Gasteiger charge is -2.27. The summed E-state index contributed by atoms with van der Waals surface area (Å²) >= 11 is 6.07. The van der Waals surface area contributed by atoms with Crippen molar-refractivity contribution in [3.8, 4) is 5.75 Å². The van der Waals surface area contributed by atoms with Crippen molar-refractivity contribution in [2.24, 2.45) is 0 Å². The molecule has 0 saturated carbocycles. The number of carboxylic acids is 1. The number of rotatable bonds is 5. The van der Waals surface area contributed by atoms with E-state index in [1.54, 1.807) is 6.07 Å². The summed E-state index contributed by atoms with van der Waals surface area (Å²) in [7, 11) is 0. The molecule has 3 N–H and O–H groups in total. The fraction of sp³-hybridized carbons (Fsp3) is 0.429. The molecule has 0 aliphatic carbocycles. The van der Waals surface area contributed by atoms with Crippen molar-refractivity contribution in [1.29, 1.82) is 0 Å². The van der Waals surface area contributed by atoms with Gasteiger partial charge in [-0.3, -0.25) is 4.79 Å². The predicted octanol–water partition coefficient (Wildman–Crippen LogP) is 2.33. The summed E-state index contributed by atoms with van der Waals surface area (Å²) in [5.41, 5.74) is 0.856. The normalized spacial score (nSPS) is 16.5. The molecule has 0 fully saturated rings. The second kappa shape index (κ2) is 7.17. The van der Waals surface area contributed by atoms with E-state index in [1.165, 1.54) is 0 Å². The molecule has 2 rings (SSSR count). The molecule has 6 nitrogen and oxygen atoms in total. The van der Waals surface area contributed by atoms with Gasteiger partial charge in [-0.1, -0.05) is 23.7 Å². The summed E-state index contributed by atoms with van der Waals surface area (Å²) in [6, 6.07) is 4.95. The zero-order valence-electron chi connectivity index (χ0n) is 11.4. The minimum absolute atomic E-state index is 0.0377. The van der Waals surface area contributed by atoms with E-state index in [-0.39, 0.29) is 18.5 Å². The number of carboxylic acid groups (broad SMARTS) is 1. The molecule has 1 aliphatic heterocycles. The van der Waals surface area contributed by atoms with Crippen LogP contribution >= 0.6 is 11.6 Å². The number of ether oxygens (including phenoxy) is 1. The van der Waals surface area contributed by atoms with E-state index in [9.17, 15) is 9.59 Å². The summed E-state index contributed by atoms with van der Waals surface area (Å²) < 4.78 is 5.52. The zero-order valence-corrected chi connectivity index (χ0v) is 12.2. The summed E-state index contributed by atoms with van der Waals surface area (Å²) in [6.45, 7) is 0.810. The molecule has 1 heterocycles. The number of hydrogen-bond acceptors (Lipinski definition) is 3. The number of benzene rings is 1. The number of halogens is 1. The third kappa shape index (κ3) is 4.26. The molecule has 7 heteroatoms. The topological polar surface area (TPSA) is 87.7 Å². The van der Waals surface area contributed by atoms with Gasteiger partial charge in [0.05, 0.1) is 17.7 Å². The van der Waals surface area contributed by atoms with Gasteiger partial charge in [0, 0.05) is 24.9 Å². The van der Waals surface area contributed by atoms with E-state index in [0.717, 1.165) is 5.56 Å². The van der Waals surface area contributed by atoms with E-state index >= 15 is 0 Å². The largest absolute Gasteiger partial charge is 0.492 e. The van der Waals surface area contributed by atoms with Crippen LogP contribution in [-0.4, -0.2) is 30.3 Å². The Morgan fingerprint density at radius 2 is 2.24 bits per heavy atom. The maximum absolute atomic E-state index is 11.8. The monoisotopic (exact) mass is 312 g/mol. The smallest absolute Gasteiger partial charge is 0.315 e. The van der Waals surface area contributed by atoms with Gasteiger partial charge in [-0.15, -0.1) is 0 Å². The van der Waals surface area contributed by atoms with Gasteiger partial charge in [-0.25, -0.2) is 4.79 Å². The Morgan fingerprint density at radius 3 is 3.00 bits per heavy atom. The molecule has 0 saturated heterocycles. The van der Waals surface area contributed by atoms with Crippen LogP contribution in [0.2, 0.25) is 5.02 Å². The Bertz CT molecular complexity index is 536. The maximum Gasteiger partial charge on any atom is 0.315 e. The molecule has 114 valence electrons. The van der Waals surface area contributed by atoms with Crippen molar-refractivity contribution in [2.45, 2.75) is 25.3 Å². The van der Waals surface area contributed by atoms with Crippen LogP contribution in [0.5, 0.6) is 5.75 Å². The van der Waals surface area contributed by atoms with Gasteiger partial charge < -0.3 is 20.5 Å². The quantitative estimate of drug-likeness (QED) is 0.728. The summed E-state index contributed by atoms with van der Waals surface area (Å²) in [6.07, 6.45) is 1.10. The molecule has 1 atom stereocenters. The van der Waals surface area contributed by atoms with Crippen LogP contribution in [0.1, 0.15) is 30.9 Å². The van der Waals surface area contributed by atoms with Gasteiger partial charge in [0.2, 0.25) is 0 Å². The molecule has 1 aliphatic rings. The standard InChI is InChI=1S/C14H17ClN2O4/c15-10-4-1-3-9-11(6-8-21-13(9)10)17-14(20)16-7-2-5-12(18)19/h1,3-4,11H,2,5-8H2,(H,18,19)(H2,16,17,20). The van der Waals surface area contributed by atoms with Gasteiger partial charge in [-0.05, 0) is 12.5 Å². The Morgan fingerprint density at radius 1 is 1.43 bits per heavy atom. The second-order valence-corrected chi connectivity index (χ2v) is 5.15. The SMILES string of the molecule is O=C(O)CCCNC(=O)NC1CCOc2c(Cl)cccc21. The number of para-hydroxylation sites is 1. The van der Waals surface area contributed by atoms with Gasteiger partial charge in [0.25, 0.3) is 0 Å². The highest BCUT2D eigenvalue weighted by Gasteiger charge is 2.24. The Kier molecular flexibility index (Phi) is 5.27. The van der Waals surface area contributed by atoms with Crippen molar-refractivity contribution in [3.63, 3.8) is 0 Å². The average molecular weight is 313 g/mol. The lowest BCUT2D eigenvalue weighted by atomic mass is 10.0. The number of carbonyl (C=O) groups excluding carboxylic acids is 1. The molecular weight excluding hydrogens is 296 g/mol. The first kappa shape index (κ1) is 15.4. The van der Waals surface area contributed by atoms with E-state index in [1.807, 2.05) is 12.1 Å². The third-order valence-electron chi connectivity index (χ3n) is 3.18. The van der Waals surface area contributed by atoms with Crippen LogP contribution in [0.3, 0.4) is 0 Å². The summed E-state index contributed by atoms with van der Waals surface area (Å²) in [4.78, 5) is 22.2. The molecule has 21 heavy (non-hydrogen) atoms. The molecule has 1 aromatic rings. The molecule has 0 radical (unpaired) electrons. The van der Waals surface area contributed by atoms with E-state index < -0.39 is 5.97 Å². The second-order valence-electron chi connectivity index (χ2n) is 4.75. The summed E-state index contributed by atoms with van der Waals surface area (Å²) in [5.74, 6) is -0.258. The Labute approximate surface area is 127 Å². The Hall–Kier alpha value is -1.95.